The fraction of sp³-hybridized carbons (Fsp3) is 0.333. The van der Waals surface area contributed by atoms with Gasteiger partial charge < -0.3 is 10.1 Å². The summed E-state index contributed by atoms with van der Waals surface area (Å²) in [6.07, 6.45) is 2.31. The molecule has 0 bridgehead atoms. The number of ether oxygens (including phenoxy) is 1. The number of hydrogen-bond acceptors (Lipinski definition) is 3. The largest absolute Gasteiger partial charge is 0.492 e. The molecule has 19 heavy (non-hydrogen) atoms. The SMILES string of the molecule is Clc1cc2c(s1)CCC2NCCOc1ccccc1. The van der Waals surface area contributed by atoms with Crippen LogP contribution in [0.2, 0.25) is 4.34 Å². The van der Waals surface area contributed by atoms with Crippen LogP contribution < -0.4 is 10.1 Å². The summed E-state index contributed by atoms with van der Waals surface area (Å²) in [5.41, 5.74) is 1.38. The fourth-order valence-corrected chi connectivity index (χ4v) is 3.82. The summed E-state index contributed by atoms with van der Waals surface area (Å²) in [5, 5.41) is 3.54. The van der Waals surface area contributed by atoms with E-state index in [2.05, 4.69) is 11.4 Å². The Hall–Kier alpha value is -1.03. The average molecular weight is 294 g/mol. The Labute approximate surface area is 122 Å². The van der Waals surface area contributed by atoms with Crippen molar-refractivity contribution in [2.24, 2.45) is 0 Å². The van der Waals surface area contributed by atoms with Gasteiger partial charge >= 0.3 is 0 Å². The highest BCUT2D eigenvalue weighted by Crippen LogP contribution is 2.39. The van der Waals surface area contributed by atoms with Gasteiger partial charge in [-0.05, 0) is 36.6 Å². The van der Waals surface area contributed by atoms with Crippen LogP contribution in [0, 0.1) is 0 Å². The van der Waals surface area contributed by atoms with Gasteiger partial charge in [-0.3, -0.25) is 0 Å². The Balaban J connectivity index is 1.46. The second-order valence-corrected chi connectivity index (χ2v) is 6.40. The molecule has 2 aromatic rings. The standard InChI is InChI=1S/C15H16ClNOS/c16-15-10-12-13(6-7-14(12)19-15)17-8-9-18-11-4-2-1-3-5-11/h1-5,10,13,17H,6-9H2. The molecule has 4 heteroatoms. The van der Waals surface area contributed by atoms with E-state index in [1.54, 1.807) is 11.3 Å². The van der Waals surface area contributed by atoms with Crippen molar-refractivity contribution in [3.05, 3.63) is 51.2 Å². The summed E-state index contributed by atoms with van der Waals surface area (Å²) >= 11 is 7.76. The number of rotatable bonds is 5. The van der Waals surface area contributed by atoms with Crippen LogP contribution >= 0.6 is 22.9 Å². The number of thiophene rings is 1. The maximum Gasteiger partial charge on any atom is 0.119 e. The second-order valence-electron chi connectivity index (χ2n) is 4.64. The smallest absolute Gasteiger partial charge is 0.119 e. The lowest BCUT2D eigenvalue weighted by atomic mass is 10.2. The van der Waals surface area contributed by atoms with Crippen molar-refractivity contribution in [2.45, 2.75) is 18.9 Å². The minimum atomic E-state index is 0.443. The van der Waals surface area contributed by atoms with Gasteiger partial charge in [-0.1, -0.05) is 29.8 Å². The number of nitrogens with one attached hydrogen (secondary N) is 1. The molecule has 1 heterocycles. The summed E-state index contributed by atoms with van der Waals surface area (Å²) in [5.74, 6) is 0.926. The van der Waals surface area contributed by atoms with Crippen LogP contribution in [-0.4, -0.2) is 13.2 Å². The summed E-state index contributed by atoms with van der Waals surface area (Å²) in [4.78, 5) is 1.44. The van der Waals surface area contributed by atoms with Crippen molar-refractivity contribution in [1.29, 1.82) is 0 Å². The highest BCUT2D eigenvalue weighted by Gasteiger charge is 2.24. The van der Waals surface area contributed by atoms with Crippen molar-refractivity contribution in [2.75, 3.05) is 13.2 Å². The molecule has 1 N–H and O–H groups in total. The second kappa shape index (κ2) is 5.95. The molecule has 1 aromatic carbocycles. The molecule has 0 saturated carbocycles. The normalized spacial score (nSPS) is 17.4. The zero-order chi connectivity index (χ0) is 13.1. The minimum Gasteiger partial charge on any atom is -0.492 e. The van der Waals surface area contributed by atoms with Crippen LogP contribution in [0.25, 0.3) is 0 Å². The predicted octanol–water partition coefficient (Wildman–Crippen LogP) is 4.06. The van der Waals surface area contributed by atoms with E-state index in [9.17, 15) is 0 Å². The van der Waals surface area contributed by atoms with Gasteiger partial charge in [0.15, 0.2) is 0 Å². The molecule has 1 aliphatic rings. The van der Waals surface area contributed by atoms with Crippen LogP contribution in [-0.2, 0) is 6.42 Å². The van der Waals surface area contributed by atoms with Crippen molar-refractivity contribution in [1.82, 2.24) is 5.32 Å². The number of benzene rings is 1. The van der Waals surface area contributed by atoms with Gasteiger partial charge in [0.05, 0.1) is 4.34 Å². The molecular weight excluding hydrogens is 278 g/mol. The molecule has 100 valence electrons. The molecule has 0 radical (unpaired) electrons. The zero-order valence-electron chi connectivity index (χ0n) is 10.6. The van der Waals surface area contributed by atoms with Crippen LogP contribution in [0.1, 0.15) is 22.9 Å². The van der Waals surface area contributed by atoms with Gasteiger partial charge in [0.2, 0.25) is 0 Å². The van der Waals surface area contributed by atoms with E-state index in [-0.39, 0.29) is 0 Å². The average Bonchev–Trinajstić information content (AvgIpc) is 2.96. The lowest BCUT2D eigenvalue weighted by Gasteiger charge is -2.13. The van der Waals surface area contributed by atoms with E-state index in [4.69, 9.17) is 16.3 Å². The first-order valence-corrected chi connectivity index (χ1v) is 7.72. The number of para-hydroxylation sites is 1. The number of fused-ring (bicyclic) bond motifs is 1. The van der Waals surface area contributed by atoms with Crippen molar-refractivity contribution < 1.29 is 4.74 Å². The third-order valence-electron chi connectivity index (χ3n) is 3.35. The lowest BCUT2D eigenvalue weighted by Crippen LogP contribution is -2.24. The Morgan fingerprint density at radius 1 is 1.32 bits per heavy atom. The molecule has 0 spiro atoms. The molecular formula is C15H16ClNOS. The van der Waals surface area contributed by atoms with Gasteiger partial charge in [0, 0.05) is 17.5 Å². The first-order chi connectivity index (χ1) is 9.33. The quantitative estimate of drug-likeness (QED) is 0.840. The summed E-state index contributed by atoms with van der Waals surface area (Å²) < 4.78 is 6.57. The highest BCUT2D eigenvalue weighted by molar-refractivity contribution is 7.16. The highest BCUT2D eigenvalue weighted by atomic mass is 35.5. The van der Waals surface area contributed by atoms with Gasteiger partial charge in [-0.25, -0.2) is 0 Å². The molecule has 2 nitrogen and oxygen atoms in total. The van der Waals surface area contributed by atoms with E-state index in [1.807, 2.05) is 30.3 Å². The van der Waals surface area contributed by atoms with Gasteiger partial charge in [-0.2, -0.15) is 0 Å². The Bertz CT molecular complexity index is 540. The Morgan fingerprint density at radius 2 is 2.16 bits per heavy atom. The number of hydrogen-bond donors (Lipinski definition) is 1. The molecule has 1 atom stereocenters. The van der Waals surface area contributed by atoms with E-state index < -0.39 is 0 Å². The maximum atomic E-state index is 6.05. The van der Waals surface area contributed by atoms with Crippen molar-refractivity contribution >= 4 is 22.9 Å². The van der Waals surface area contributed by atoms with E-state index in [0.29, 0.717) is 12.6 Å². The van der Waals surface area contributed by atoms with Crippen LogP contribution in [0.15, 0.2) is 36.4 Å². The zero-order valence-corrected chi connectivity index (χ0v) is 12.1. The van der Waals surface area contributed by atoms with Crippen LogP contribution in [0.5, 0.6) is 5.75 Å². The topological polar surface area (TPSA) is 21.3 Å². The van der Waals surface area contributed by atoms with E-state index in [1.165, 1.54) is 16.9 Å². The Kier molecular flexibility index (Phi) is 4.06. The molecule has 0 fully saturated rings. The molecule has 0 aliphatic heterocycles. The van der Waals surface area contributed by atoms with Gasteiger partial charge in [0.25, 0.3) is 0 Å². The summed E-state index contributed by atoms with van der Waals surface area (Å²) in [6, 6.07) is 12.5. The first-order valence-electron chi connectivity index (χ1n) is 6.52. The third kappa shape index (κ3) is 3.11. The third-order valence-corrected chi connectivity index (χ3v) is 4.69. The molecule has 3 rings (SSSR count). The van der Waals surface area contributed by atoms with E-state index in [0.717, 1.165) is 23.1 Å². The van der Waals surface area contributed by atoms with Crippen LogP contribution in [0.4, 0.5) is 0 Å². The first kappa shape index (κ1) is 13.0. The molecule has 1 aliphatic carbocycles. The van der Waals surface area contributed by atoms with Crippen LogP contribution in [0.3, 0.4) is 0 Å². The van der Waals surface area contributed by atoms with Gasteiger partial charge in [-0.15, -0.1) is 11.3 Å². The fourth-order valence-electron chi connectivity index (χ4n) is 2.46. The minimum absolute atomic E-state index is 0.443. The lowest BCUT2D eigenvalue weighted by molar-refractivity contribution is 0.305. The summed E-state index contributed by atoms with van der Waals surface area (Å²) in [7, 11) is 0. The predicted molar refractivity (Wildman–Crippen MR) is 80.3 cm³/mol. The monoisotopic (exact) mass is 293 g/mol. The number of halogens is 1. The Morgan fingerprint density at radius 3 is 3.00 bits per heavy atom. The summed E-state index contributed by atoms with van der Waals surface area (Å²) in [6.45, 7) is 1.54. The molecule has 0 amide bonds. The maximum absolute atomic E-state index is 6.05. The van der Waals surface area contributed by atoms with Crippen molar-refractivity contribution in [3.8, 4) is 5.75 Å². The van der Waals surface area contributed by atoms with E-state index >= 15 is 0 Å². The van der Waals surface area contributed by atoms with Crippen molar-refractivity contribution in [3.63, 3.8) is 0 Å². The number of aryl methyl sites for hydroxylation is 1. The molecule has 0 saturated heterocycles. The molecule has 1 aromatic heterocycles. The van der Waals surface area contributed by atoms with Gasteiger partial charge in [0.1, 0.15) is 12.4 Å². The molecule has 1 unspecified atom stereocenters.